The molecule has 2 aromatic rings. The largest absolute Gasteiger partial charge is 0.416 e. The molecule has 0 unspecified atom stereocenters. The maximum absolute atomic E-state index is 13.9. The van der Waals surface area contributed by atoms with Gasteiger partial charge in [0.15, 0.2) is 0 Å². The highest BCUT2D eigenvalue weighted by Gasteiger charge is 2.40. The predicted molar refractivity (Wildman–Crippen MR) is 145 cm³/mol. The van der Waals surface area contributed by atoms with Crippen LogP contribution in [0.3, 0.4) is 0 Å². The van der Waals surface area contributed by atoms with Crippen LogP contribution in [0.1, 0.15) is 73.5 Å². The van der Waals surface area contributed by atoms with Gasteiger partial charge in [-0.3, -0.25) is 4.79 Å². The molecule has 3 atom stereocenters. The van der Waals surface area contributed by atoms with E-state index in [0.717, 1.165) is 4.90 Å². The molecule has 0 bridgehead atoms. The minimum Gasteiger partial charge on any atom is -0.396 e. The van der Waals surface area contributed by atoms with Crippen LogP contribution in [0, 0.1) is 24.1 Å². The van der Waals surface area contributed by atoms with Crippen LogP contribution in [0.25, 0.3) is 0 Å². The van der Waals surface area contributed by atoms with Gasteiger partial charge in [0, 0.05) is 38.1 Å². The highest BCUT2D eigenvalue weighted by Crippen LogP contribution is 2.40. The van der Waals surface area contributed by atoms with Gasteiger partial charge in [-0.15, -0.1) is 0 Å². The van der Waals surface area contributed by atoms with E-state index in [1.807, 2.05) is 0 Å². The van der Waals surface area contributed by atoms with E-state index in [-0.39, 0.29) is 50.1 Å². The number of urea groups is 1. The van der Waals surface area contributed by atoms with Crippen molar-refractivity contribution in [3.05, 3.63) is 70.0 Å². The number of carbonyl (C=O) groups is 2. The number of hydrogen-bond donors (Lipinski definition) is 2. The van der Waals surface area contributed by atoms with E-state index in [0.29, 0.717) is 23.3 Å². The van der Waals surface area contributed by atoms with E-state index in [4.69, 9.17) is 0 Å². The van der Waals surface area contributed by atoms with E-state index in [1.165, 1.54) is 37.1 Å². The zero-order valence-corrected chi connectivity index (χ0v) is 24.5. The van der Waals surface area contributed by atoms with Crippen molar-refractivity contribution in [3.8, 4) is 0 Å². The predicted octanol–water partition coefficient (Wildman–Crippen LogP) is 6.87. The standard InChI is InChI=1S/C30H36F7N3O3/c1-17-10-23(31)6-7-24(17)25-13-19(26(42)38-15-28(3,4)16-41)8-9-40(25)27(43)39(5)18(2)20-11-21(29(32,33)34)14-22(12-20)30(35,36)37/h6-7,10-12,14,18-19,25,41H,8-9,13,15-16H2,1-5H3,(H,38,42)/t18-,19+,25-/m1/s1. The number of rotatable bonds is 7. The monoisotopic (exact) mass is 619 g/mol. The van der Waals surface area contributed by atoms with Crippen molar-refractivity contribution in [2.45, 2.75) is 65.0 Å². The maximum atomic E-state index is 13.9. The quantitative estimate of drug-likeness (QED) is 0.332. The lowest BCUT2D eigenvalue weighted by atomic mass is 9.84. The average Bonchev–Trinajstić information content (AvgIpc) is 2.93. The summed E-state index contributed by atoms with van der Waals surface area (Å²) in [4.78, 5) is 29.3. The number of nitrogens with one attached hydrogen (secondary N) is 1. The fourth-order valence-electron chi connectivity index (χ4n) is 5.08. The van der Waals surface area contributed by atoms with Gasteiger partial charge in [0.05, 0.1) is 23.2 Å². The SMILES string of the molecule is Cc1cc(F)ccc1[C@H]1C[C@@H](C(=O)NCC(C)(C)CO)CCN1C(=O)N(C)[C@H](C)c1cc(C(F)(F)F)cc(C(F)(F)F)c1. The van der Waals surface area contributed by atoms with Crippen LogP contribution in [0.4, 0.5) is 35.5 Å². The third kappa shape index (κ3) is 8.18. The molecule has 238 valence electrons. The van der Waals surface area contributed by atoms with Crippen LogP contribution in [-0.4, -0.2) is 53.6 Å². The van der Waals surface area contributed by atoms with Gasteiger partial charge in [-0.1, -0.05) is 19.9 Å². The van der Waals surface area contributed by atoms with Crippen LogP contribution >= 0.6 is 0 Å². The van der Waals surface area contributed by atoms with Crippen LogP contribution in [-0.2, 0) is 17.1 Å². The number of aliphatic hydroxyl groups excluding tert-OH is 1. The summed E-state index contributed by atoms with van der Waals surface area (Å²) in [6.45, 7) is 6.63. The van der Waals surface area contributed by atoms with Gasteiger partial charge in [0.25, 0.3) is 0 Å². The first-order valence-corrected chi connectivity index (χ1v) is 13.7. The second kappa shape index (κ2) is 12.7. The summed E-state index contributed by atoms with van der Waals surface area (Å²) in [6.07, 6.45) is -9.71. The number of aliphatic hydroxyl groups is 1. The van der Waals surface area contributed by atoms with Gasteiger partial charge in [-0.05, 0) is 73.7 Å². The zero-order chi connectivity index (χ0) is 32.5. The second-order valence-corrected chi connectivity index (χ2v) is 11.9. The number of alkyl halides is 6. The highest BCUT2D eigenvalue weighted by atomic mass is 19.4. The summed E-state index contributed by atoms with van der Waals surface area (Å²) >= 11 is 0. The minimum absolute atomic E-state index is 0.0306. The molecule has 2 aromatic carbocycles. The number of benzene rings is 2. The molecule has 43 heavy (non-hydrogen) atoms. The molecule has 1 fully saturated rings. The number of halogens is 7. The van der Waals surface area contributed by atoms with Crippen molar-refractivity contribution in [2.24, 2.45) is 11.3 Å². The molecule has 1 saturated heterocycles. The van der Waals surface area contributed by atoms with Crippen LogP contribution in [0.15, 0.2) is 36.4 Å². The van der Waals surface area contributed by atoms with Crippen molar-refractivity contribution < 1.29 is 45.4 Å². The Hall–Kier alpha value is -3.35. The lowest BCUT2D eigenvalue weighted by molar-refractivity contribution is -0.143. The molecule has 2 N–H and O–H groups in total. The molecule has 3 rings (SSSR count). The van der Waals surface area contributed by atoms with Gasteiger partial charge >= 0.3 is 18.4 Å². The normalized spacial score (nSPS) is 18.8. The van der Waals surface area contributed by atoms with E-state index in [9.17, 15) is 45.4 Å². The third-order valence-corrected chi connectivity index (χ3v) is 7.95. The molecule has 1 aliphatic rings. The zero-order valence-electron chi connectivity index (χ0n) is 24.5. The summed E-state index contributed by atoms with van der Waals surface area (Å²) in [5.74, 6) is -1.34. The fraction of sp³-hybridized carbons (Fsp3) is 0.533. The number of nitrogens with zero attached hydrogens (tertiary/aromatic N) is 2. The Labute approximate surface area is 245 Å². The molecule has 0 saturated carbocycles. The van der Waals surface area contributed by atoms with Crippen molar-refractivity contribution >= 4 is 11.9 Å². The van der Waals surface area contributed by atoms with E-state index < -0.39 is 58.7 Å². The summed E-state index contributed by atoms with van der Waals surface area (Å²) < 4.78 is 94.8. The molecule has 1 aliphatic heterocycles. The van der Waals surface area contributed by atoms with Crippen molar-refractivity contribution in [2.75, 3.05) is 26.7 Å². The van der Waals surface area contributed by atoms with Gasteiger partial charge in [-0.25, -0.2) is 9.18 Å². The number of carbonyl (C=O) groups excluding carboxylic acids is 2. The Bertz CT molecular complexity index is 1290. The minimum atomic E-state index is -5.04. The number of piperidine rings is 1. The van der Waals surface area contributed by atoms with Crippen LogP contribution in [0.2, 0.25) is 0 Å². The Kier molecular flexibility index (Phi) is 10.1. The smallest absolute Gasteiger partial charge is 0.396 e. The maximum Gasteiger partial charge on any atom is 0.416 e. The lowest BCUT2D eigenvalue weighted by Gasteiger charge is -2.42. The summed E-state index contributed by atoms with van der Waals surface area (Å²) in [7, 11) is 1.28. The number of likely N-dealkylation sites (tertiary alicyclic amines) is 1. The molecule has 0 radical (unpaired) electrons. The molecule has 6 nitrogen and oxygen atoms in total. The first-order valence-electron chi connectivity index (χ1n) is 13.7. The lowest BCUT2D eigenvalue weighted by Crippen LogP contribution is -2.50. The molecule has 0 spiro atoms. The summed E-state index contributed by atoms with van der Waals surface area (Å²) in [6, 6.07) is 2.61. The highest BCUT2D eigenvalue weighted by molar-refractivity contribution is 5.80. The molecule has 3 amide bonds. The summed E-state index contributed by atoms with van der Waals surface area (Å²) in [5.41, 5.74) is -2.82. The van der Waals surface area contributed by atoms with Gasteiger partial charge < -0.3 is 20.2 Å². The van der Waals surface area contributed by atoms with Crippen LogP contribution < -0.4 is 5.32 Å². The van der Waals surface area contributed by atoms with Crippen LogP contribution in [0.5, 0.6) is 0 Å². The molecular formula is C30H36F7N3O3. The van der Waals surface area contributed by atoms with E-state index >= 15 is 0 Å². The second-order valence-electron chi connectivity index (χ2n) is 11.9. The Morgan fingerprint density at radius 1 is 1.05 bits per heavy atom. The molecule has 0 aromatic heterocycles. The number of amides is 3. The fourth-order valence-corrected chi connectivity index (χ4v) is 5.08. The molecular weight excluding hydrogens is 583 g/mol. The van der Waals surface area contributed by atoms with Crippen molar-refractivity contribution in [1.82, 2.24) is 15.1 Å². The summed E-state index contributed by atoms with van der Waals surface area (Å²) in [5, 5.41) is 12.3. The topological polar surface area (TPSA) is 72.9 Å². The number of hydrogen-bond acceptors (Lipinski definition) is 3. The first-order chi connectivity index (χ1) is 19.7. The van der Waals surface area contributed by atoms with Gasteiger partial charge in [-0.2, -0.15) is 26.3 Å². The molecule has 0 aliphatic carbocycles. The number of aryl methyl sites for hydroxylation is 1. The Morgan fingerprint density at radius 2 is 1.63 bits per heavy atom. The van der Waals surface area contributed by atoms with Crippen molar-refractivity contribution in [3.63, 3.8) is 0 Å². The Balaban J connectivity index is 1.94. The first kappa shape index (κ1) is 34.1. The van der Waals surface area contributed by atoms with E-state index in [2.05, 4.69) is 5.32 Å². The van der Waals surface area contributed by atoms with Crippen molar-refractivity contribution in [1.29, 1.82) is 0 Å². The third-order valence-electron chi connectivity index (χ3n) is 7.95. The van der Waals surface area contributed by atoms with Gasteiger partial charge in [0.2, 0.25) is 5.91 Å². The average molecular weight is 620 g/mol. The molecule has 13 heteroatoms. The Morgan fingerprint density at radius 3 is 2.14 bits per heavy atom. The molecule has 1 heterocycles. The van der Waals surface area contributed by atoms with E-state index in [1.54, 1.807) is 20.8 Å². The van der Waals surface area contributed by atoms with Gasteiger partial charge in [0.1, 0.15) is 5.82 Å².